The molecule has 2 amide bonds. The highest BCUT2D eigenvalue weighted by Crippen LogP contribution is 2.34. The summed E-state index contributed by atoms with van der Waals surface area (Å²) in [5, 5.41) is 11.4. The lowest BCUT2D eigenvalue weighted by Crippen LogP contribution is -2.53. The van der Waals surface area contributed by atoms with Gasteiger partial charge in [0.05, 0.1) is 4.83 Å². The van der Waals surface area contributed by atoms with Crippen LogP contribution in [-0.4, -0.2) is 75.6 Å². The summed E-state index contributed by atoms with van der Waals surface area (Å²) in [7, 11) is 0. The van der Waals surface area contributed by atoms with Crippen molar-refractivity contribution >= 4 is 39.9 Å². The van der Waals surface area contributed by atoms with Crippen molar-refractivity contribution in [2.45, 2.75) is 62.8 Å². The Hall–Kier alpha value is -2.25. The summed E-state index contributed by atoms with van der Waals surface area (Å²) in [6, 6.07) is -0.853. The normalized spacial score (nSPS) is 29.0. The third-order valence-electron chi connectivity index (χ3n) is 4.13. The van der Waals surface area contributed by atoms with E-state index < -0.39 is 71.5 Å². The molecule has 13 heteroatoms. The third-order valence-corrected chi connectivity index (χ3v) is 5.10. The van der Waals surface area contributed by atoms with E-state index in [2.05, 4.69) is 15.9 Å². The number of nitrogens with zero attached hydrogens (tertiary/aromatic N) is 1. The number of alkyl halides is 1. The number of hydrogen-bond acceptors (Lipinski definition) is 9. The maximum atomic E-state index is 13.8. The zero-order valence-corrected chi connectivity index (χ0v) is 18.2. The lowest BCUT2D eigenvalue weighted by Gasteiger charge is -2.31. The fraction of sp³-hybridized carbons (Fsp3) is 0.647. The van der Waals surface area contributed by atoms with Crippen molar-refractivity contribution < 1.29 is 47.6 Å². The number of rotatable bonds is 6. The second-order valence-corrected chi connectivity index (χ2v) is 8.12. The molecule has 2 aliphatic heterocycles. The van der Waals surface area contributed by atoms with Crippen LogP contribution in [0, 0.1) is 0 Å². The molecular weight excluding hydrogens is 475 g/mol. The molecule has 0 aromatic rings. The Morgan fingerprint density at radius 2 is 1.97 bits per heavy atom. The van der Waals surface area contributed by atoms with E-state index in [0.717, 1.165) is 24.9 Å². The van der Waals surface area contributed by atoms with E-state index in [9.17, 15) is 28.7 Å². The lowest BCUT2D eigenvalue weighted by atomic mass is 10.1. The van der Waals surface area contributed by atoms with Crippen LogP contribution in [0.5, 0.6) is 0 Å². The summed E-state index contributed by atoms with van der Waals surface area (Å²) in [6.45, 7) is 4.55. The summed E-state index contributed by atoms with van der Waals surface area (Å²) >= 11 is 3.27. The Morgan fingerprint density at radius 3 is 2.53 bits per heavy atom. The van der Waals surface area contributed by atoms with Crippen LogP contribution >= 0.6 is 15.9 Å². The van der Waals surface area contributed by atoms with Gasteiger partial charge in [-0.25, -0.2) is 14.0 Å². The van der Waals surface area contributed by atoms with Crippen LogP contribution in [0.4, 0.5) is 9.18 Å². The van der Waals surface area contributed by atoms with Gasteiger partial charge < -0.3 is 29.4 Å². The number of halogens is 2. The molecular formula is C17H22BrFN2O9. The van der Waals surface area contributed by atoms with E-state index in [1.54, 1.807) is 0 Å². The number of carbonyl (C=O) groups excluding carboxylic acids is 4. The standard InChI is InChI=1S/C17H22BrFN2O9/c1-7(22)28-12-10(6-27-15(25)17(3,4)30-8(2)23)29-14(11(12)18)21-5-9(19)13(24)20-16(21)26/h5,10-14,24H,6H2,1-4H3,(H,20,26). The van der Waals surface area contributed by atoms with Gasteiger partial charge >= 0.3 is 23.9 Å². The van der Waals surface area contributed by atoms with Gasteiger partial charge in [-0.3, -0.25) is 14.5 Å². The predicted octanol–water partition coefficient (Wildman–Crippen LogP) is 0.446. The molecule has 5 unspecified atom stereocenters. The molecule has 11 nitrogen and oxygen atoms in total. The van der Waals surface area contributed by atoms with Crippen molar-refractivity contribution in [2.24, 2.45) is 0 Å². The fourth-order valence-electron chi connectivity index (χ4n) is 2.83. The molecule has 30 heavy (non-hydrogen) atoms. The molecule has 2 heterocycles. The minimum Gasteiger partial charge on any atom is -0.460 e. The number of aliphatic hydroxyl groups excluding tert-OH is 1. The average molecular weight is 497 g/mol. The average Bonchev–Trinajstić information content (AvgIpc) is 2.90. The number of ether oxygens (including phenoxy) is 4. The molecule has 168 valence electrons. The number of hydrogen-bond donors (Lipinski definition) is 2. The van der Waals surface area contributed by atoms with E-state index >= 15 is 0 Å². The number of nitrogens with one attached hydrogen (secondary N) is 1. The van der Waals surface area contributed by atoms with Crippen molar-refractivity contribution in [3.05, 3.63) is 12.0 Å². The second kappa shape index (κ2) is 9.27. The van der Waals surface area contributed by atoms with Gasteiger partial charge in [0.15, 0.2) is 18.3 Å². The zero-order valence-electron chi connectivity index (χ0n) is 16.6. The van der Waals surface area contributed by atoms with E-state index in [1.807, 2.05) is 5.32 Å². The van der Waals surface area contributed by atoms with Gasteiger partial charge in [-0.15, -0.1) is 0 Å². The molecule has 0 bridgehead atoms. The quantitative estimate of drug-likeness (QED) is 0.304. The Balaban J connectivity index is 2.16. The van der Waals surface area contributed by atoms with Crippen LogP contribution in [0.15, 0.2) is 12.0 Å². The number of urea groups is 1. The van der Waals surface area contributed by atoms with Crippen molar-refractivity contribution in [2.75, 3.05) is 6.61 Å². The SMILES string of the molecule is CC(=O)OC1C(COC(=O)C(C)(C)OC(C)=O)OC(N2C=C(F)C(O)NC2=O)C1Br. The Labute approximate surface area is 179 Å². The molecule has 2 aliphatic rings. The van der Waals surface area contributed by atoms with E-state index in [0.29, 0.717) is 0 Å². The van der Waals surface area contributed by atoms with Gasteiger partial charge in [-0.1, -0.05) is 15.9 Å². The van der Waals surface area contributed by atoms with Gasteiger partial charge in [0, 0.05) is 20.0 Å². The van der Waals surface area contributed by atoms with Gasteiger partial charge in [-0.05, 0) is 13.8 Å². The third kappa shape index (κ3) is 5.46. The van der Waals surface area contributed by atoms with Crippen LogP contribution in [0.3, 0.4) is 0 Å². The first-order valence-electron chi connectivity index (χ1n) is 8.81. The number of aliphatic hydroxyl groups is 1. The summed E-state index contributed by atoms with van der Waals surface area (Å²) in [6.07, 6.45) is -4.22. The minimum absolute atomic E-state index is 0.412. The van der Waals surface area contributed by atoms with Gasteiger partial charge in [0.1, 0.15) is 18.8 Å². The zero-order chi connectivity index (χ0) is 22.8. The van der Waals surface area contributed by atoms with Crippen LogP contribution in [0.25, 0.3) is 0 Å². The molecule has 1 fully saturated rings. The van der Waals surface area contributed by atoms with Gasteiger partial charge in [0.25, 0.3) is 0 Å². The molecule has 0 aliphatic carbocycles. The topological polar surface area (TPSA) is 141 Å². The highest BCUT2D eigenvalue weighted by atomic mass is 79.9. The van der Waals surface area contributed by atoms with Crippen LogP contribution in [0.1, 0.15) is 27.7 Å². The smallest absolute Gasteiger partial charge is 0.350 e. The van der Waals surface area contributed by atoms with Crippen LogP contribution in [0.2, 0.25) is 0 Å². The molecule has 2 rings (SSSR count). The van der Waals surface area contributed by atoms with Crippen molar-refractivity contribution in [1.29, 1.82) is 0 Å². The monoisotopic (exact) mass is 496 g/mol. The summed E-state index contributed by atoms with van der Waals surface area (Å²) in [4.78, 5) is 47.0. The molecule has 1 saturated heterocycles. The van der Waals surface area contributed by atoms with Crippen LogP contribution in [-0.2, 0) is 33.3 Å². The molecule has 5 atom stereocenters. The highest BCUT2D eigenvalue weighted by molar-refractivity contribution is 9.09. The number of carbonyl (C=O) groups is 4. The fourth-order valence-corrected chi connectivity index (χ4v) is 3.66. The van der Waals surface area contributed by atoms with Gasteiger partial charge in [0.2, 0.25) is 5.60 Å². The molecule has 0 aromatic carbocycles. The Kier molecular flexibility index (Phi) is 7.42. The van der Waals surface area contributed by atoms with Gasteiger partial charge in [-0.2, -0.15) is 0 Å². The van der Waals surface area contributed by atoms with E-state index in [1.165, 1.54) is 13.8 Å². The molecule has 0 aromatic heterocycles. The summed E-state index contributed by atoms with van der Waals surface area (Å²) in [5.41, 5.74) is -1.57. The molecule has 0 spiro atoms. The van der Waals surface area contributed by atoms with Crippen molar-refractivity contribution in [3.63, 3.8) is 0 Å². The Morgan fingerprint density at radius 1 is 1.33 bits per heavy atom. The van der Waals surface area contributed by atoms with Crippen LogP contribution < -0.4 is 5.32 Å². The number of amides is 2. The molecule has 0 radical (unpaired) electrons. The first-order valence-corrected chi connectivity index (χ1v) is 9.72. The molecule has 2 N–H and O–H groups in total. The summed E-state index contributed by atoms with van der Waals surface area (Å²) < 4.78 is 34.7. The van der Waals surface area contributed by atoms with E-state index in [4.69, 9.17) is 18.9 Å². The second-order valence-electron chi connectivity index (χ2n) is 7.06. The summed E-state index contributed by atoms with van der Waals surface area (Å²) in [5.74, 6) is -3.24. The van der Waals surface area contributed by atoms with Crippen molar-refractivity contribution in [3.8, 4) is 0 Å². The minimum atomic E-state index is -1.78. The highest BCUT2D eigenvalue weighted by Gasteiger charge is 2.50. The largest absolute Gasteiger partial charge is 0.460 e. The number of esters is 3. The van der Waals surface area contributed by atoms with Crippen molar-refractivity contribution in [1.82, 2.24) is 10.2 Å². The lowest BCUT2D eigenvalue weighted by molar-refractivity contribution is -0.181. The first kappa shape index (κ1) is 24.0. The van der Waals surface area contributed by atoms with E-state index in [-0.39, 0.29) is 0 Å². The predicted molar refractivity (Wildman–Crippen MR) is 99.3 cm³/mol. The maximum Gasteiger partial charge on any atom is 0.350 e. The molecule has 0 saturated carbocycles. The maximum absolute atomic E-state index is 13.8. The Bertz CT molecular complexity index is 760. The first-order chi connectivity index (χ1) is 13.8.